The molecule has 1 unspecified atom stereocenters. The second-order valence-corrected chi connectivity index (χ2v) is 3.74. The Balaban J connectivity index is 3.88. The van der Waals surface area contributed by atoms with E-state index in [1.54, 1.807) is 0 Å². The zero-order valence-electron chi connectivity index (χ0n) is 9.12. The minimum absolute atomic E-state index is 0.0895. The highest BCUT2D eigenvalue weighted by Gasteiger charge is 2.14. The average molecular weight is 201 g/mol. The Labute approximate surface area is 84.9 Å². The fraction of sp³-hybridized carbons (Fsp3) is 0.800. The number of amides is 1. The number of hydrogen-bond acceptors (Lipinski definition) is 2. The first-order valence-electron chi connectivity index (χ1n) is 4.93. The molecule has 0 fully saturated rings. The molecule has 1 N–H and O–H groups in total. The van der Waals surface area contributed by atoms with Gasteiger partial charge in [0.1, 0.15) is 6.54 Å². The van der Waals surface area contributed by atoms with Gasteiger partial charge in [-0.3, -0.25) is 9.59 Å². The molecule has 14 heavy (non-hydrogen) atoms. The first-order valence-corrected chi connectivity index (χ1v) is 4.93. The molecule has 1 atom stereocenters. The molecule has 0 spiro atoms. The van der Waals surface area contributed by atoms with Crippen LogP contribution in [0.1, 0.15) is 33.1 Å². The van der Waals surface area contributed by atoms with E-state index in [1.807, 2.05) is 6.92 Å². The van der Waals surface area contributed by atoms with E-state index in [4.69, 9.17) is 5.11 Å². The minimum atomic E-state index is -0.969. The molecule has 0 saturated carbocycles. The van der Waals surface area contributed by atoms with Gasteiger partial charge in [0, 0.05) is 13.5 Å². The molecule has 1 amide bonds. The molecular formula is C10H19NO3. The van der Waals surface area contributed by atoms with E-state index in [-0.39, 0.29) is 12.5 Å². The van der Waals surface area contributed by atoms with Crippen LogP contribution in [0.3, 0.4) is 0 Å². The average Bonchev–Trinajstić information content (AvgIpc) is 2.02. The lowest BCUT2D eigenvalue weighted by atomic mass is 10.0. The molecule has 0 aromatic carbocycles. The van der Waals surface area contributed by atoms with Crippen LogP contribution < -0.4 is 0 Å². The maximum atomic E-state index is 11.4. The molecule has 0 rings (SSSR count). The number of likely N-dealkylation sites (N-methyl/N-ethyl adjacent to an activating group) is 1. The second kappa shape index (κ2) is 6.40. The van der Waals surface area contributed by atoms with Crippen LogP contribution in [0.15, 0.2) is 0 Å². The third-order valence-corrected chi connectivity index (χ3v) is 2.10. The number of rotatable bonds is 6. The topological polar surface area (TPSA) is 57.6 Å². The first kappa shape index (κ1) is 12.9. The monoisotopic (exact) mass is 201 g/mol. The van der Waals surface area contributed by atoms with Crippen molar-refractivity contribution in [1.29, 1.82) is 0 Å². The van der Waals surface area contributed by atoms with Gasteiger partial charge in [-0.2, -0.15) is 0 Å². The van der Waals surface area contributed by atoms with E-state index in [2.05, 4.69) is 6.92 Å². The van der Waals surface area contributed by atoms with Gasteiger partial charge in [-0.25, -0.2) is 0 Å². The van der Waals surface area contributed by atoms with Crippen molar-refractivity contribution in [2.45, 2.75) is 33.1 Å². The summed E-state index contributed by atoms with van der Waals surface area (Å²) in [5, 5.41) is 8.48. The predicted molar refractivity (Wildman–Crippen MR) is 54.0 cm³/mol. The highest BCUT2D eigenvalue weighted by molar-refractivity contribution is 5.81. The van der Waals surface area contributed by atoms with Crippen LogP contribution in [0, 0.1) is 5.92 Å². The Kier molecular flexibility index (Phi) is 5.92. The van der Waals surface area contributed by atoms with E-state index in [1.165, 1.54) is 11.9 Å². The van der Waals surface area contributed by atoms with E-state index in [0.717, 1.165) is 12.8 Å². The zero-order valence-corrected chi connectivity index (χ0v) is 9.12. The van der Waals surface area contributed by atoms with Crippen LogP contribution in [-0.4, -0.2) is 35.5 Å². The molecule has 0 saturated heterocycles. The van der Waals surface area contributed by atoms with Gasteiger partial charge in [0.2, 0.25) is 5.91 Å². The number of carbonyl (C=O) groups is 2. The summed E-state index contributed by atoms with van der Waals surface area (Å²) in [7, 11) is 1.52. The molecule has 4 nitrogen and oxygen atoms in total. The number of carboxylic acids is 1. The Hall–Kier alpha value is -1.06. The van der Waals surface area contributed by atoms with Crippen molar-refractivity contribution in [3.8, 4) is 0 Å². The van der Waals surface area contributed by atoms with Gasteiger partial charge < -0.3 is 10.0 Å². The quantitative estimate of drug-likeness (QED) is 0.705. The van der Waals surface area contributed by atoms with Crippen molar-refractivity contribution in [2.24, 2.45) is 5.92 Å². The number of hydrogen-bond donors (Lipinski definition) is 1. The third kappa shape index (κ3) is 5.56. The van der Waals surface area contributed by atoms with Gasteiger partial charge in [-0.05, 0) is 5.92 Å². The van der Waals surface area contributed by atoms with Gasteiger partial charge in [-0.1, -0.05) is 26.7 Å². The first-order chi connectivity index (χ1) is 6.47. The van der Waals surface area contributed by atoms with E-state index in [0.29, 0.717) is 12.3 Å². The summed E-state index contributed by atoms with van der Waals surface area (Å²) in [6.07, 6.45) is 2.50. The molecule has 0 aliphatic heterocycles. The molecule has 82 valence electrons. The summed E-state index contributed by atoms with van der Waals surface area (Å²) in [6.45, 7) is 3.87. The van der Waals surface area contributed by atoms with Gasteiger partial charge in [0.25, 0.3) is 0 Å². The predicted octanol–water partition coefficient (Wildman–Crippen LogP) is 1.36. The van der Waals surface area contributed by atoms with Gasteiger partial charge in [0.15, 0.2) is 0 Å². The Morgan fingerprint density at radius 1 is 1.43 bits per heavy atom. The lowest BCUT2D eigenvalue weighted by Crippen LogP contribution is -2.32. The van der Waals surface area contributed by atoms with Crippen molar-refractivity contribution in [3.63, 3.8) is 0 Å². The van der Waals surface area contributed by atoms with Crippen molar-refractivity contribution in [2.75, 3.05) is 13.6 Å². The Bertz CT molecular complexity index is 204. The Morgan fingerprint density at radius 2 is 2.00 bits per heavy atom. The molecular weight excluding hydrogens is 182 g/mol. The summed E-state index contributed by atoms with van der Waals surface area (Å²) in [6, 6.07) is 0. The van der Waals surface area contributed by atoms with Gasteiger partial charge in [-0.15, -0.1) is 0 Å². The summed E-state index contributed by atoms with van der Waals surface area (Å²) in [5.41, 5.74) is 0. The second-order valence-electron chi connectivity index (χ2n) is 3.74. The van der Waals surface area contributed by atoms with E-state index in [9.17, 15) is 9.59 Å². The molecule has 0 bridgehead atoms. The lowest BCUT2D eigenvalue weighted by molar-refractivity contribution is -0.143. The highest BCUT2D eigenvalue weighted by Crippen LogP contribution is 2.10. The van der Waals surface area contributed by atoms with Gasteiger partial charge in [0.05, 0.1) is 0 Å². The molecule has 0 heterocycles. The summed E-state index contributed by atoms with van der Waals surface area (Å²) >= 11 is 0. The minimum Gasteiger partial charge on any atom is -0.480 e. The summed E-state index contributed by atoms with van der Waals surface area (Å²) in [4.78, 5) is 23.0. The molecule has 4 heteroatoms. The largest absolute Gasteiger partial charge is 0.480 e. The summed E-state index contributed by atoms with van der Waals surface area (Å²) in [5.74, 6) is -0.721. The van der Waals surface area contributed by atoms with Crippen molar-refractivity contribution in [3.05, 3.63) is 0 Å². The number of nitrogens with zero attached hydrogens (tertiary/aromatic N) is 1. The van der Waals surface area contributed by atoms with Gasteiger partial charge >= 0.3 is 5.97 Å². The molecule has 0 aliphatic rings. The van der Waals surface area contributed by atoms with E-state index >= 15 is 0 Å². The normalized spacial score (nSPS) is 12.2. The maximum Gasteiger partial charge on any atom is 0.323 e. The molecule has 0 aromatic heterocycles. The number of aliphatic carboxylic acids is 1. The van der Waals surface area contributed by atoms with Crippen LogP contribution in [0.25, 0.3) is 0 Å². The van der Waals surface area contributed by atoms with Crippen LogP contribution in [0.5, 0.6) is 0 Å². The SMILES string of the molecule is CCCC(C)CC(=O)N(C)CC(=O)O. The smallest absolute Gasteiger partial charge is 0.323 e. The number of carboxylic acid groups (broad SMARTS) is 1. The lowest BCUT2D eigenvalue weighted by Gasteiger charge is -2.17. The third-order valence-electron chi connectivity index (χ3n) is 2.10. The van der Waals surface area contributed by atoms with Crippen LogP contribution in [0.2, 0.25) is 0 Å². The number of carbonyl (C=O) groups excluding carboxylic acids is 1. The van der Waals surface area contributed by atoms with Crippen LogP contribution >= 0.6 is 0 Å². The standard InChI is InChI=1S/C10H19NO3/c1-4-5-8(2)6-9(12)11(3)7-10(13)14/h8H,4-7H2,1-3H3,(H,13,14). The summed E-state index contributed by atoms with van der Waals surface area (Å²) < 4.78 is 0. The van der Waals surface area contributed by atoms with E-state index < -0.39 is 5.97 Å². The molecule has 0 aromatic rings. The van der Waals surface area contributed by atoms with Crippen LogP contribution in [0.4, 0.5) is 0 Å². The molecule has 0 radical (unpaired) electrons. The zero-order chi connectivity index (χ0) is 11.1. The fourth-order valence-corrected chi connectivity index (χ4v) is 1.34. The van der Waals surface area contributed by atoms with Crippen molar-refractivity contribution < 1.29 is 14.7 Å². The van der Waals surface area contributed by atoms with Crippen LogP contribution in [-0.2, 0) is 9.59 Å². The van der Waals surface area contributed by atoms with Crippen molar-refractivity contribution in [1.82, 2.24) is 4.90 Å². The van der Waals surface area contributed by atoms with Crippen molar-refractivity contribution >= 4 is 11.9 Å². The fourth-order valence-electron chi connectivity index (χ4n) is 1.34. The Morgan fingerprint density at radius 3 is 2.43 bits per heavy atom. The maximum absolute atomic E-state index is 11.4. The molecule has 0 aliphatic carbocycles. The highest BCUT2D eigenvalue weighted by atomic mass is 16.4.